The van der Waals surface area contributed by atoms with Gasteiger partial charge in [-0.2, -0.15) is 0 Å². The number of non-ortho nitro benzene ring substituents is 1. The standard InChI is InChI=1S/C13H9ClFN3O3/c1-7-11(4-5-12(14)16-7)17-13(19)9-6-8(18(20)21)2-3-10(9)15/h2-6H,1H3,(H,17,19). The predicted molar refractivity (Wildman–Crippen MR) is 75.0 cm³/mol. The van der Waals surface area contributed by atoms with Gasteiger partial charge in [0.2, 0.25) is 0 Å². The highest BCUT2D eigenvalue weighted by atomic mass is 35.5. The largest absolute Gasteiger partial charge is 0.320 e. The van der Waals surface area contributed by atoms with E-state index in [4.69, 9.17) is 11.6 Å². The zero-order valence-electron chi connectivity index (χ0n) is 10.8. The van der Waals surface area contributed by atoms with Crippen LogP contribution in [0.5, 0.6) is 0 Å². The molecule has 0 fully saturated rings. The second kappa shape index (κ2) is 5.84. The summed E-state index contributed by atoms with van der Waals surface area (Å²) in [6, 6.07) is 5.72. The van der Waals surface area contributed by atoms with Crippen molar-refractivity contribution in [1.29, 1.82) is 0 Å². The Hall–Kier alpha value is -2.54. The van der Waals surface area contributed by atoms with Crippen molar-refractivity contribution in [3.05, 3.63) is 62.7 Å². The number of halogens is 2. The summed E-state index contributed by atoms with van der Waals surface area (Å²) in [4.78, 5) is 25.9. The molecule has 0 unspecified atom stereocenters. The molecule has 6 nitrogen and oxygen atoms in total. The molecule has 0 atom stereocenters. The van der Waals surface area contributed by atoms with Crippen LogP contribution in [0.3, 0.4) is 0 Å². The molecule has 0 aliphatic heterocycles. The second-order valence-electron chi connectivity index (χ2n) is 4.14. The van der Waals surface area contributed by atoms with Gasteiger partial charge in [0.05, 0.1) is 21.9 Å². The average Bonchev–Trinajstić information content (AvgIpc) is 2.42. The van der Waals surface area contributed by atoms with E-state index < -0.39 is 22.2 Å². The summed E-state index contributed by atoms with van der Waals surface area (Å²) in [5.41, 5.74) is 0.00282. The van der Waals surface area contributed by atoms with E-state index in [1.165, 1.54) is 12.1 Å². The molecule has 0 aliphatic carbocycles. The molecule has 1 N–H and O–H groups in total. The smallest absolute Gasteiger partial charge is 0.270 e. The second-order valence-corrected chi connectivity index (χ2v) is 4.53. The Balaban J connectivity index is 2.32. The Morgan fingerprint density at radius 3 is 2.71 bits per heavy atom. The lowest BCUT2D eigenvalue weighted by molar-refractivity contribution is -0.384. The van der Waals surface area contributed by atoms with Crippen LogP contribution in [0.4, 0.5) is 15.8 Å². The van der Waals surface area contributed by atoms with E-state index in [-0.39, 0.29) is 10.8 Å². The number of pyridine rings is 1. The molecule has 1 aromatic carbocycles. The minimum Gasteiger partial charge on any atom is -0.320 e. The molecule has 0 aliphatic rings. The maximum Gasteiger partial charge on any atom is 0.270 e. The molecular formula is C13H9ClFN3O3. The van der Waals surface area contributed by atoms with Crippen molar-refractivity contribution >= 4 is 28.9 Å². The molecule has 1 heterocycles. The van der Waals surface area contributed by atoms with Crippen molar-refractivity contribution in [2.24, 2.45) is 0 Å². The fraction of sp³-hybridized carbons (Fsp3) is 0.0769. The number of nitro benzene ring substituents is 1. The van der Waals surface area contributed by atoms with E-state index in [9.17, 15) is 19.3 Å². The molecule has 0 saturated carbocycles. The SMILES string of the molecule is Cc1nc(Cl)ccc1NC(=O)c1cc([N+](=O)[O-])ccc1F. The first-order valence-corrected chi connectivity index (χ1v) is 6.14. The van der Waals surface area contributed by atoms with Crippen LogP contribution in [-0.4, -0.2) is 15.8 Å². The van der Waals surface area contributed by atoms with Crippen molar-refractivity contribution in [1.82, 2.24) is 4.98 Å². The third-order valence-corrected chi connectivity index (χ3v) is 2.92. The van der Waals surface area contributed by atoms with Crippen LogP contribution >= 0.6 is 11.6 Å². The molecule has 0 saturated heterocycles. The molecule has 2 rings (SSSR count). The van der Waals surface area contributed by atoms with Gasteiger partial charge in [0, 0.05) is 12.1 Å². The van der Waals surface area contributed by atoms with Crippen LogP contribution in [0.1, 0.15) is 16.1 Å². The number of aryl methyl sites for hydroxylation is 1. The van der Waals surface area contributed by atoms with Gasteiger partial charge in [-0.1, -0.05) is 11.6 Å². The van der Waals surface area contributed by atoms with Gasteiger partial charge < -0.3 is 5.32 Å². The fourth-order valence-electron chi connectivity index (χ4n) is 1.65. The molecule has 108 valence electrons. The molecule has 1 amide bonds. The van der Waals surface area contributed by atoms with Gasteiger partial charge in [0.1, 0.15) is 11.0 Å². The van der Waals surface area contributed by atoms with Crippen molar-refractivity contribution in [3.8, 4) is 0 Å². The Labute approximate surface area is 123 Å². The van der Waals surface area contributed by atoms with E-state index in [1.807, 2.05) is 0 Å². The molecule has 2 aromatic rings. The van der Waals surface area contributed by atoms with Crippen LogP contribution in [0, 0.1) is 22.9 Å². The normalized spacial score (nSPS) is 10.2. The summed E-state index contributed by atoms with van der Waals surface area (Å²) in [6.07, 6.45) is 0. The number of rotatable bonds is 3. The molecule has 1 aromatic heterocycles. The number of hydrogen-bond donors (Lipinski definition) is 1. The highest BCUT2D eigenvalue weighted by molar-refractivity contribution is 6.29. The summed E-state index contributed by atoms with van der Waals surface area (Å²) in [6.45, 7) is 1.62. The average molecular weight is 310 g/mol. The lowest BCUT2D eigenvalue weighted by Crippen LogP contribution is -2.15. The van der Waals surface area contributed by atoms with Gasteiger partial charge in [0.15, 0.2) is 0 Å². The molecular weight excluding hydrogens is 301 g/mol. The maximum atomic E-state index is 13.6. The number of nitro groups is 1. The van der Waals surface area contributed by atoms with Crippen molar-refractivity contribution in [3.63, 3.8) is 0 Å². The van der Waals surface area contributed by atoms with Crippen LogP contribution in [0.25, 0.3) is 0 Å². The van der Waals surface area contributed by atoms with Crippen molar-refractivity contribution in [2.45, 2.75) is 6.92 Å². The van der Waals surface area contributed by atoms with Gasteiger partial charge >= 0.3 is 0 Å². The number of carbonyl (C=O) groups excluding carboxylic acids is 1. The summed E-state index contributed by atoms with van der Waals surface area (Å²) in [7, 11) is 0. The first-order chi connectivity index (χ1) is 9.88. The number of anilines is 1. The highest BCUT2D eigenvalue weighted by Gasteiger charge is 2.17. The zero-order valence-corrected chi connectivity index (χ0v) is 11.5. The monoisotopic (exact) mass is 309 g/mol. The number of amides is 1. The zero-order chi connectivity index (χ0) is 15.6. The Morgan fingerprint density at radius 1 is 1.38 bits per heavy atom. The minimum absolute atomic E-state index is 0.257. The molecule has 0 bridgehead atoms. The minimum atomic E-state index is -0.849. The lowest BCUT2D eigenvalue weighted by atomic mass is 10.1. The topological polar surface area (TPSA) is 85.1 Å². The third kappa shape index (κ3) is 3.32. The highest BCUT2D eigenvalue weighted by Crippen LogP contribution is 2.20. The number of benzene rings is 1. The van der Waals surface area contributed by atoms with Crippen LogP contribution < -0.4 is 5.32 Å². The Bertz CT molecular complexity index is 737. The number of nitrogens with zero attached hydrogens (tertiary/aromatic N) is 2. The molecule has 0 radical (unpaired) electrons. The van der Waals surface area contributed by atoms with Crippen LogP contribution in [0.15, 0.2) is 30.3 Å². The summed E-state index contributed by atoms with van der Waals surface area (Å²) in [5, 5.41) is 13.4. The van der Waals surface area contributed by atoms with E-state index in [0.717, 1.165) is 18.2 Å². The summed E-state index contributed by atoms with van der Waals surface area (Å²) < 4.78 is 13.6. The fourth-order valence-corrected chi connectivity index (χ4v) is 1.84. The maximum absolute atomic E-state index is 13.6. The molecule has 8 heteroatoms. The van der Waals surface area contributed by atoms with E-state index >= 15 is 0 Å². The Morgan fingerprint density at radius 2 is 2.10 bits per heavy atom. The van der Waals surface area contributed by atoms with Gasteiger partial charge in [-0.15, -0.1) is 0 Å². The van der Waals surface area contributed by atoms with Crippen LogP contribution in [-0.2, 0) is 0 Å². The van der Waals surface area contributed by atoms with E-state index in [2.05, 4.69) is 10.3 Å². The van der Waals surface area contributed by atoms with Gasteiger partial charge in [-0.25, -0.2) is 9.37 Å². The first kappa shape index (κ1) is 14.9. The quantitative estimate of drug-likeness (QED) is 0.535. The van der Waals surface area contributed by atoms with Gasteiger partial charge in [-0.05, 0) is 25.1 Å². The third-order valence-electron chi connectivity index (χ3n) is 2.71. The van der Waals surface area contributed by atoms with Crippen molar-refractivity contribution < 1.29 is 14.1 Å². The van der Waals surface area contributed by atoms with Gasteiger partial charge in [0.25, 0.3) is 11.6 Å². The van der Waals surface area contributed by atoms with Gasteiger partial charge in [-0.3, -0.25) is 14.9 Å². The predicted octanol–water partition coefficient (Wildman–Crippen LogP) is 3.34. The number of aromatic nitrogens is 1. The molecule has 0 spiro atoms. The lowest BCUT2D eigenvalue weighted by Gasteiger charge is -2.08. The van der Waals surface area contributed by atoms with E-state index in [0.29, 0.717) is 11.4 Å². The number of carbonyl (C=O) groups is 1. The number of hydrogen-bond acceptors (Lipinski definition) is 4. The van der Waals surface area contributed by atoms with Crippen molar-refractivity contribution in [2.75, 3.05) is 5.32 Å². The van der Waals surface area contributed by atoms with E-state index in [1.54, 1.807) is 6.92 Å². The Kier molecular flexibility index (Phi) is 4.13. The van der Waals surface area contributed by atoms with Crippen LogP contribution in [0.2, 0.25) is 5.15 Å². The molecule has 21 heavy (non-hydrogen) atoms. The summed E-state index contributed by atoms with van der Waals surface area (Å²) >= 11 is 5.69. The number of nitrogens with one attached hydrogen (secondary N) is 1. The first-order valence-electron chi connectivity index (χ1n) is 5.77. The summed E-state index contributed by atoms with van der Waals surface area (Å²) in [5.74, 6) is -1.65.